The lowest BCUT2D eigenvalue weighted by molar-refractivity contribution is 1.65. The lowest BCUT2D eigenvalue weighted by Crippen LogP contribution is -1.70. The highest BCUT2D eigenvalue weighted by molar-refractivity contribution is 8.93. The predicted molar refractivity (Wildman–Crippen MR) is 72.1 cm³/mol. The Bertz CT molecular complexity index is 362. The van der Waals surface area contributed by atoms with Crippen LogP contribution in [0, 0.1) is 0 Å². The lowest BCUT2D eigenvalue weighted by Gasteiger charge is -1.92. The van der Waals surface area contributed by atoms with E-state index in [0.29, 0.717) is 0 Å². The summed E-state index contributed by atoms with van der Waals surface area (Å²) in [6.07, 6.45) is 4.24. The van der Waals surface area contributed by atoms with E-state index in [1.807, 2.05) is 36.4 Å². The molecule has 0 aliphatic rings. The standard InChI is InChI=1S/C14H12.BrH/c1-3-7-13(8-4-1)11-12-14-9-5-2-6-10-14;/h1-12H;1H/b12-11-;. The van der Waals surface area contributed by atoms with Crippen molar-refractivity contribution in [2.45, 2.75) is 0 Å². The van der Waals surface area contributed by atoms with Crippen LogP contribution < -0.4 is 0 Å². The van der Waals surface area contributed by atoms with Crippen molar-refractivity contribution in [3.8, 4) is 0 Å². The Morgan fingerprint density at radius 3 is 1.20 bits per heavy atom. The molecule has 0 N–H and O–H groups in total. The van der Waals surface area contributed by atoms with Gasteiger partial charge >= 0.3 is 0 Å². The first kappa shape index (κ1) is 11.7. The zero-order valence-electron chi connectivity index (χ0n) is 8.34. The molecule has 0 spiro atoms. The maximum atomic E-state index is 2.12. The summed E-state index contributed by atoms with van der Waals surface area (Å²) in [6.45, 7) is 0. The number of hydrogen-bond acceptors (Lipinski definition) is 0. The average molecular weight is 261 g/mol. The number of benzene rings is 2. The van der Waals surface area contributed by atoms with E-state index < -0.39 is 0 Å². The fraction of sp³-hybridized carbons (Fsp3) is 0. The highest BCUT2D eigenvalue weighted by Crippen LogP contribution is 2.06. The monoisotopic (exact) mass is 260 g/mol. The van der Waals surface area contributed by atoms with Gasteiger partial charge in [-0.05, 0) is 11.1 Å². The Morgan fingerprint density at radius 2 is 0.867 bits per heavy atom. The highest BCUT2D eigenvalue weighted by atomic mass is 79.9. The molecule has 0 amide bonds. The van der Waals surface area contributed by atoms with Gasteiger partial charge in [-0.3, -0.25) is 0 Å². The molecule has 0 aliphatic carbocycles. The van der Waals surface area contributed by atoms with Gasteiger partial charge in [-0.2, -0.15) is 0 Å². The maximum absolute atomic E-state index is 2.12. The SMILES string of the molecule is Br.C(=C/c1ccccc1)/c1ccccc1. The first-order chi connectivity index (χ1) is 6.95. The molecule has 0 nitrogen and oxygen atoms in total. The largest absolute Gasteiger partial charge is 0.114 e. The minimum atomic E-state index is 0. The fourth-order valence-corrected chi connectivity index (χ4v) is 1.32. The second kappa shape index (κ2) is 6.20. The molecule has 0 aromatic heterocycles. The molecule has 2 aromatic rings. The molecule has 0 atom stereocenters. The van der Waals surface area contributed by atoms with Gasteiger partial charge in [0.1, 0.15) is 0 Å². The van der Waals surface area contributed by atoms with Crippen LogP contribution in [0.2, 0.25) is 0 Å². The van der Waals surface area contributed by atoms with Gasteiger partial charge in [0.2, 0.25) is 0 Å². The summed E-state index contributed by atoms with van der Waals surface area (Å²) in [5.74, 6) is 0. The lowest BCUT2D eigenvalue weighted by atomic mass is 10.1. The van der Waals surface area contributed by atoms with Gasteiger partial charge in [-0.1, -0.05) is 72.8 Å². The Morgan fingerprint density at radius 1 is 0.533 bits per heavy atom. The van der Waals surface area contributed by atoms with Crippen LogP contribution in [0.5, 0.6) is 0 Å². The van der Waals surface area contributed by atoms with Crippen LogP contribution in [-0.2, 0) is 0 Å². The number of halogens is 1. The molecular formula is C14H13Br. The van der Waals surface area contributed by atoms with E-state index in [-0.39, 0.29) is 17.0 Å². The van der Waals surface area contributed by atoms with Crippen molar-refractivity contribution < 1.29 is 0 Å². The van der Waals surface area contributed by atoms with Crippen LogP contribution in [0.3, 0.4) is 0 Å². The quantitative estimate of drug-likeness (QED) is 0.701. The van der Waals surface area contributed by atoms with Crippen LogP contribution in [0.1, 0.15) is 11.1 Å². The van der Waals surface area contributed by atoms with Gasteiger partial charge in [0.15, 0.2) is 0 Å². The Labute approximate surface area is 101 Å². The predicted octanol–water partition coefficient (Wildman–Crippen LogP) is 4.43. The number of hydrogen-bond donors (Lipinski definition) is 0. The summed E-state index contributed by atoms with van der Waals surface area (Å²) in [5.41, 5.74) is 2.47. The van der Waals surface area contributed by atoms with Crippen molar-refractivity contribution in [3.05, 3.63) is 71.8 Å². The summed E-state index contributed by atoms with van der Waals surface area (Å²) < 4.78 is 0. The minimum Gasteiger partial charge on any atom is -0.114 e. The molecule has 2 aromatic carbocycles. The molecular weight excluding hydrogens is 248 g/mol. The van der Waals surface area contributed by atoms with Gasteiger partial charge in [-0.15, -0.1) is 17.0 Å². The fourth-order valence-electron chi connectivity index (χ4n) is 1.32. The van der Waals surface area contributed by atoms with Crippen molar-refractivity contribution in [2.24, 2.45) is 0 Å². The molecule has 15 heavy (non-hydrogen) atoms. The molecule has 0 saturated heterocycles. The van der Waals surface area contributed by atoms with Gasteiger partial charge in [-0.25, -0.2) is 0 Å². The van der Waals surface area contributed by atoms with Crippen LogP contribution in [-0.4, -0.2) is 0 Å². The van der Waals surface area contributed by atoms with E-state index in [1.165, 1.54) is 11.1 Å². The van der Waals surface area contributed by atoms with Crippen molar-refractivity contribution >= 4 is 29.1 Å². The summed E-state index contributed by atoms with van der Waals surface area (Å²) in [4.78, 5) is 0. The average Bonchev–Trinajstić information content (AvgIpc) is 2.29. The van der Waals surface area contributed by atoms with Crippen molar-refractivity contribution in [1.82, 2.24) is 0 Å². The van der Waals surface area contributed by atoms with E-state index in [1.54, 1.807) is 0 Å². The van der Waals surface area contributed by atoms with Crippen LogP contribution in [0.15, 0.2) is 60.7 Å². The minimum absolute atomic E-state index is 0. The number of rotatable bonds is 2. The highest BCUT2D eigenvalue weighted by Gasteiger charge is 1.84. The van der Waals surface area contributed by atoms with E-state index in [4.69, 9.17) is 0 Å². The maximum Gasteiger partial charge on any atom is -0.0256 e. The molecule has 1 heteroatoms. The summed E-state index contributed by atoms with van der Waals surface area (Å²) in [6, 6.07) is 20.6. The van der Waals surface area contributed by atoms with Crippen LogP contribution in [0.25, 0.3) is 12.2 Å². The molecule has 0 bridgehead atoms. The zero-order chi connectivity index (χ0) is 9.64. The Hall–Kier alpha value is -1.34. The smallest absolute Gasteiger partial charge is 0.0256 e. The summed E-state index contributed by atoms with van der Waals surface area (Å²) in [5, 5.41) is 0. The zero-order valence-corrected chi connectivity index (χ0v) is 10.0. The Kier molecular flexibility index (Phi) is 4.85. The van der Waals surface area contributed by atoms with Crippen molar-refractivity contribution in [3.63, 3.8) is 0 Å². The second-order valence-corrected chi connectivity index (χ2v) is 3.15. The molecule has 0 fully saturated rings. The first-order valence-electron chi connectivity index (χ1n) is 4.73. The molecule has 0 radical (unpaired) electrons. The third-order valence-electron chi connectivity index (χ3n) is 2.07. The van der Waals surface area contributed by atoms with Crippen LogP contribution in [0.4, 0.5) is 0 Å². The van der Waals surface area contributed by atoms with E-state index >= 15 is 0 Å². The van der Waals surface area contributed by atoms with E-state index in [9.17, 15) is 0 Å². The van der Waals surface area contributed by atoms with Crippen molar-refractivity contribution in [2.75, 3.05) is 0 Å². The topological polar surface area (TPSA) is 0 Å². The van der Waals surface area contributed by atoms with Gasteiger partial charge in [0.25, 0.3) is 0 Å². The van der Waals surface area contributed by atoms with E-state index in [0.717, 1.165) is 0 Å². The summed E-state index contributed by atoms with van der Waals surface area (Å²) >= 11 is 0. The normalized spacial score (nSPS) is 9.87. The second-order valence-electron chi connectivity index (χ2n) is 3.15. The third-order valence-corrected chi connectivity index (χ3v) is 2.07. The molecule has 2 rings (SSSR count). The third kappa shape index (κ3) is 3.72. The molecule has 0 heterocycles. The molecule has 0 unspecified atom stereocenters. The van der Waals surface area contributed by atoms with Gasteiger partial charge < -0.3 is 0 Å². The van der Waals surface area contributed by atoms with E-state index in [2.05, 4.69) is 36.4 Å². The van der Waals surface area contributed by atoms with Gasteiger partial charge in [0, 0.05) is 0 Å². The molecule has 0 aliphatic heterocycles. The molecule has 76 valence electrons. The van der Waals surface area contributed by atoms with Crippen LogP contribution >= 0.6 is 17.0 Å². The van der Waals surface area contributed by atoms with Crippen molar-refractivity contribution in [1.29, 1.82) is 0 Å². The molecule has 0 saturated carbocycles. The first-order valence-corrected chi connectivity index (χ1v) is 4.73. The Balaban J connectivity index is 0.00000112. The van der Waals surface area contributed by atoms with Gasteiger partial charge in [0.05, 0.1) is 0 Å². The summed E-state index contributed by atoms with van der Waals surface area (Å²) in [7, 11) is 0.